The number of aryl methyl sites for hydroxylation is 1. The quantitative estimate of drug-likeness (QED) is 0.755. The van der Waals surface area contributed by atoms with Crippen molar-refractivity contribution >= 4 is 11.7 Å². The zero-order valence-corrected chi connectivity index (χ0v) is 13.3. The van der Waals surface area contributed by atoms with Crippen LogP contribution in [0.15, 0.2) is 42.6 Å². The number of fused-ring (bicyclic) bond motifs is 1. The maximum atomic E-state index is 13.1. The fraction of sp³-hybridized carbons (Fsp3) is 0.235. The van der Waals surface area contributed by atoms with E-state index >= 15 is 0 Å². The molecule has 0 saturated carbocycles. The molecule has 2 amide bonds. The number of rotatable bonds is 5. The Labute approximate surface area is 138 Å². The van der Waals surface area contributed by atoms with Gasteiger partial charge in [0, 0.05) is 12.7 Å². The number of hydrogen-bond donors (Lipinski definition) is 2. The minimum atomic E-state index is -0.276. The summed E-state index contributed by atoms with van der Waals surface area (Å²) in [7, 11) is 0. The molecule has 6 nitrogen and oxygen atoms in total. The Morgan fingerprint density at radius 3 is 2.92 bits per heavy atom. The fourth-order valence-electron chi connectivity index (χ4n) is 2.48. The van der Waals surface area contributed by atoms with Gasteiger partial charge in [-0.1, -0.05) is 12.1 Å². The van der Waals surface area contributed by atoms with Gasteiger partial charge < -0.3 is 10.6 Å². The standard InChI is InChI=1S/C17H18FN5O/c1-12-10-14(18)6-5-13(12)7-8-19-17(24)20-11-16-22-21-15-4-2-3-9-23(15)16/h2-6,9-10H,7-8,11H2,1H3,(H2,19,20,24). The van der Waals surface area contributed by atoms with E-state index in [9.17, 15) is 9.18 Å². The Bertz CT molecular complexity index is 861. The molecule has 3 rings (SSSR count). The van der Waals surface area contributed by atoms with Gasteiger partial charge in [0.05, 0.1) is 6.54 Å². The molecule has 0 radical (unpaired) electrons. The van der Waals surface area contributed by atoms with Gasteiger partial charge in [-0.15, -0.1) is 10.2 Å². The third kappa shape index (κ3) is 3.68. The molecular weight excluding hydrogens is 309 g/mol. The van der Waals surface area contributed by atoms with Crippen LogP contribution in [0.1, 0.15) is 17.0 Å². The van der Waals surface area contributed by atoms with Gasteiger partial charge in [-0.2, -0.15) is 0 Å². The Balaban J connectivity index is 1.47. The lowest BCUT2D eigenvalue weighted by Crippen LogP contribution is -2.36. The molecule has 0 fully saturated rings. The maximum absolute atomic E-state index is 13.1. The van der Waals surface area contributed by atoms with Crippen LogP contribution in [0.4, 0.5) is 9.18 Å². The number of nitrogens with zero attached hydrogens (tertiary/aromatic N) is 3. The van der Waals surface area contributed by atoms with E-state index in [0.29, 0.717) is 18.8 Å². The van der Waals surface area contributed by atoms with Gasteiger partial charge in [0.1, 0.15) is 5.82 Å². The molecule has 1 aromatic carbocycles. The van der Waals surface area contributed by atoms with E-state index in [-0.39, 0.29) is 18.4 Å². The van der Waals surface area contributed by atoms with E-state index in [0.717, 1.165) is 16.8 Å². The van der Waals surface area contributed by atoms with Gasteiger partial charge in [0.25, 0.3) is 0 Å². The van der Waals surface area contributed by atoms with Gasteiger partial charge in [0.15, 0.2) is 11.5 Å². The maximum Gasteiger partial charge on any atom is 0.315 e. The van der Waals surface area contributed by atoms with Crippen molar-refractivity contribution in [1.29, 1.82) is 0 Å². The van der Waals surface area contributed by atoms with Crippen molar-refractivity contribution in [3.05, 3.63) is 65.4 Å². The summed E-state index contributed by atoms with van der Waals surface area (Å²) >= 11 is 0. The van der Waals surface area contributed by atoms with E-state index in [4.69, 9.17) is 0 Å². The molecule has 0 saturated heterocycles. The Morgan fingerprint density at radius 2 is 2.08 bits per heavy atom. The normalized spacial score (nSPS) is 10.8. The lowest BCUT2D eigenvalue weighted by atomic mass is 10.1. The van der Waals surface area contributed by atoms with E-state index in [1.165, 1.54) is 12.1 Å². The molecule has 0 aliphatic rings. The monoisotopic (exact) mass is 327 g/mol. The fourth-order valence-corrected chi connectivity index (χ4v) is 2.48. The second-order valence-electron chi connectivity index (χ2n) is 5.48. The number of halogens is 1. The van der Waals surface area contributed by atoms with Crippen LogP contribution in [0, 0.1) is 12.7 Å². The molecule has 0 aliphatic heterocycles. The van der Waals surface area contributed by atoms with Crippen LogP contribution < -0.4 is 10.6 Å². The molecule has 2 aromatic heterocycles. The zero-order chi connectivity index (χ0) is 16.9. The molecule has 124 valence electrons. The minimum Gasteiger partial charge on any atom is -0.338 e. The molecule has 0 unspecified atom stereocenters. The highest BCUT2D eigenvalue weighted by atomic mass is 19.1. The van der Waals surface area contributed by atoms with Crippen molar-refractivity contribution in [2.75, 3.05) is 6.54 Å². The van der Waals surface area contributed by atoms with Gasteiger partial charge >= 0.3 is 6.03 Å². The molecule has 2 N–H and O–H groups in total. The lowest BCUT2D eigenvalue weighted by molar-refractivity contribution is 0.240. The summed E-state index contributed by atoms with van der Waals surface area (Å²) in [5.41, 5.74) is 2.63. The molecule has 0 aliphatic carbocycles. The van der Waals surface area contributed by atoms with E-state index < -0.39 is 0 Å². The van der Waals surface area contributed by atoms with E-state index in [1.807, 2.05) is 35.7 Å². The number of benzene rings is 1. The number of aromatic nitrogens is 3. The first-order valence-electron chi connectivity index (χ1n) is 7.69. The SMILES string of the molecule is Cc1cc(F)ccc1CCNC(=O)NCc1nnc2ccccn12. The van der Waals surface area contributed by atoms with Crippen LogP contribution in [0.25, 0.3) is 5.65 Å². The Morgan fingerprint density at radius 1 is 1.21 bits per heavy atom. The smallest absolute Gasteiger partial charge is 0.315 e. The van der Waals surface area contributed by atoms with Crippen LogP contribution in [0.2, 0.25) is 0 Å². The largest absolute Gasteiger partial charge is 0.338 e. The number of urea groups is 1. The molecule has 3 aromatic rings. The number of pyridine rings is 1. The molecule has 2 heterocycles. The Hall–Kier alpha value is -2.96. The highest BCUT2D eigenvalue weighted by Crippen LogP contribution is 2.10. The molecular formula is C17H18FN5O. The summed E-state index contributed by atoms with van der Waals surface area (Å²) in [6.45, 7) is 2.61. The number of carbonyl (C=O) groups excluding carboxylic acids is 1. The van der Waals surface area contributed by atoms with Crippen molar-refractivity contribution in [3.63, 3.8) is 0 Å². The van der Waals surface area contributed by atoms with Gasteiger partial charge in [-0.3, -0.25) is 4.40 Å². The molecule has 0 atom stereocenters. The highest BCUT2D eigenvalue weighted by Gasteiger charge is 2.07. The second-order valence-corrected chi connectivity index (χ2v) is 5.48. The summed E-state index contributed by atoms with van der Waals surface area (Å²) in [6, 6.07) is 10.00. The predicted molar refractivity (Wildman–Crippen MR) is 88.1 cm³/mol. The highest BCUT2D eigenvalue weighted by molar-refractivity contribution is 5.73. The number of amides is 2. The van der Waals surface area contributed by atoms with E-state index in [2.05, 4.69) is 20.8 Å². The first kappa shape index (κ1) is 15.9. The molecule has 0 spiro atoms. The third-order valence-electron chi connectivity index (χ3n) is 3.78. The van der Waals surface area contributed by atoms with Crippen LogP contribution in [0.5, 0.6) is 0 Å². The Kier molecular flexibility index (Phi) is 4.69. The van der Waals surface area contributed by atoms with Crippen molar-refractivity contribution in [3.8, 4) is 0 Å². The summed E-state index contributed by atoms with van der Waals surface area (Å²) < 4.78 is 14.9. The third-order valence-corrected chi connectivity index (χ3v) is 3.78. The van der Waals surface area contributed by atoms with Crippen molar-refractivity contribution in [2.45, 2.75) is 19.9 Å². The van der Waals surface area contributed by atoms with Crippen LogP contribution >= 0.6 is 0 Å². The predicted octanol–water partition coefficient (Wildman–Crippen LogP) is 2.22. The van der Waals surface area contributed by atoms with Gasteiger partial charge in [-0.05, 0) is 48.7 Å². The van der Waals surface area contributed by atoms with Crippen molar-refractivity contribution in [2.24, 2.45) is 0 Å². The average molecular weight is 327 g/mol. The first-order valence-corrected chi connectivity index (χ1v) is 7.69. The van der Waals surface area contributed by atoms with Crippen molar-refractivity contribution < 1.29 is 9.18 Å². The van der Waals surface area contributed by atoms with Gasteiger partial charge in [0.2, 0.25) is 0 Å². The first-order chi connectivity index (χ1) is 11.6. The van der Waals surface area contributed by atoms with Crippen LogP contribution in [-0.2, 0) is 13.0 Å². The molecule has 7 heteroatoms. The summed E-state index contributed by atoms with van der Waals surface area (Å²) in [5, 5.41) is 13.6. The van der Waals surface area contributed by atoms with E-state index in [1.54, 1.807) is 6.07 Å². The van der Waals surface area contributed by atoms with Crippen molar-refractivity contribution in [1.82, 2.24) is 25.2 Å². The zero-order valence-electron chi connectivity index (χ0n) is 13.3. The average Bonchev–Trinajstić information content (AvgIpc) is 2.98. The number of hydrogen-bond acceptors (Lipinski definition) is 3. The lowest BCUT2D eigenvalue weighted by Gasteiger charge is -2.09. The summed E-state index contributed by atoms with van der Waals surface area (Å²) in [4.78, 5) is 11.9. The number of carbonyl (C=O) groups is 1. The number of nitrogens with one attached hydrogen (secondary N) is 2. The van der Waals surface area contributed by atoms with Crippen LogP contribution in [-0.4, -0.2) is 27.2 Å². The molecule has 24 heavy (non-hydrogen) atoms. The minimum absolute atomic E-state index is 0.248. The van der Waals surface area contributed by atoms with Crippen LogP contribution in [0.3, 0.4) is 0 Å². The van der Waals surface area contributed by atoms with Gasteiger partial charge in [-0.25, -0.2) is 9.18 Å². The summed E-state index contributed by atoms with van der Waals surface area (Å²) in [5.74, 6) is 0.414. The second kappa shape index (κ2) is 7.08. The molecule has 0 bridgehead atoms. The summed E-state index contributed by atoms with van der Waals surface area (Å²) in [6.07, 6.45) is 2.49. The topological polar surface area (TPSA) is 71.3 Å².